The maximum atomic E-state index is 11.8. The zero-order chi connectivity index (χ0) is 13.7. The Morgan fingerprint density at radius 2 is 2.17 bits per heavy atom. The normalized spacial score (nSPS) is 11.0. The second-order valence-corrected chi connectivity index (χ2v) is 4.93. The molecule has 0 radical (unpaired) electrons. The average molecular weight is 271 g/mol. The highest BCUT2D eigenvalue weighted by atomic mass is 35.5. The zero-order valence-corrected chi connectivity index (χ0v) is 11.7. The summed E-state index contributed by atoms with van der Waals surface area (Å²) >= 11 is 5.70. The number of hydrogen-bond acceptors (Lipinski definition) is 3. The van der Waals surface area contributed by atoms with Gasteiger partial charge >= 0.3 is 0 Å². The molecular weight excluding hydrogens is 252 g/mol. The van der Waals surface area contributed by atoms with Gasteiger partial charge in [0.25, 0.3) is 5.91 Å². The van der Waals surface area contributed by atoms with Crippen LogP contribution in [0.2, 0.25) is 5.02 Å². The van der Waals surface area contributed by atoms with Crippen LogP contribution in [0.1, 0.15) is 24.2 Å². The molecule has 100 valence electrons. The SMILES string of the molecule is CC(C)N(C)CCNC(=O)c1ccc(Cl)cc1O. The highest BCUT2D eigenvalue weighted by Gasteiger charge is 2.11. The van der Waals surface area contributed by atoms with Crippen molar-refractivity contribution in [1.29, 1.82) is 0 Å². The van der Waals surface area contributed by atoms with Crippen molar-refractivity contribution in [2.24, 2.45) is 0 Å². The molecule has 0 aliphatic carbocycles. The topological polar surface area (TPSA) is 52.6 Å². The molecule has 0 unspecified atom stereocenters. The van der Waals surface area contributed by atoms with Crippen molar-refractivity contribution >= 4 is 17.5 Å². The van der Waals surface area contributed by atoms with E-state index in [9.17, 15) is 9.90 Å². The highest BCUT2D eigenvalue weighted by Crippen LogP contribution is 2.21. The van der Waals surface area contributed by atoms with Gasteiger partial charge in [-0.05, 0) is 39.1 Å². The Bertz CT molecular complexity index is 421. The van der Waals surface area contributed by atoms with Gasteiger partial charge in [-0.15, -0.1) is 0 Å². The molecule has 0 aromatic heterocycles. The maximum Gasteiger partial charge on any atom is 0.255 e. The molecule has 0 atom stereocenters. The van der Waals surface area contributed by atoms with Gasteiger partial charge in [0.05, 0.1) is 5.56 Å². The second-order valence-electron chi connectivity index (χ2n) is 4.49. The summed E-state index contributed by atoms with van der Waals surface area (Å²) in [6, 6.07) is 4.89. The van der Waals surface area contributed by atoms with E-state index in [4.69, 9.17) is 11.6 Å². The third kappa shape index (κ3) is 4.20. The molecule has 0 bridgehead atoms. The van der Waals surface area contributed by atoms with Crippen LogP contribution in [0.25, 0.3) is 0 Å². The van der Waals surface area contributed by atoms with Gasteiger partial charge in [0.1, 0.15) is 5.75 Å². The van der Waals surface area contributed by atoms with E-state index in [1.807, 2.05) is 7.05 Å². The van der Waals surface area contributed by atoms with E-state index in [0.29, 0.717) is 17.6 Å². The third-order valence-corrected chi connectivity index (χ3v) is 3.07. The fourth-order valence-electron chi connectivity index (χ4n) is 1.40. The van der Waals surface area contributed by atoms with Crippen LogP contribution in [0.5, 0.6) is 5.75 Å². The van der Waals surface area contributed by atoms with Crippen LogP contribution in [0, 0.1) is 0 Å². The van der Waals surface area contributed by atoms with Gasteiger partial charge in [0, 0.05) is 24.2 Å². The van der Waals surface area contributed by atoms with Crippen molar-refractivity contribution in [3.8, 4) is 5.75 Å². The fourth-order valence-corrected chi connectivity index (χ4v) is 1.56. The molecular formula is C13H19ClN2O2. The summed E-state index contributed by atoms with van der Waals surface area (Å²) in [5.41, 5.74) is 0.242. The van der Waals surface area contributed by atoms with Crippen LogP contribution in [-0.2, 0) is 0 Å². The predicted octanol–water partition coefficient (Wildman–Crippen LogP) is 2.12. The van der Waals surface area contributed by atoms with E-state index in [2.05, 4.69) is 24.1 Å². The van der Waals surface area contributed by atoms with E-state index >= 15 is 0 Å². The largest absolute Gasteiger partial charge is 0.507 e. The van der Waals surface area contributed by atoms with Crippen LogP contribution in [-0.4, -0.2) is 42.1 Å². The minimum atomic E-state index is -0.290. The molecule has 0 saturated heterocycles. The van der Waals surface area contributed by atoms with Crippen LogP contribution in [0.3, 0.4) is 0 Å². The molecule has 0 heterocycles. The van der Waals surface area contributed by atoms with Crippen LogP contribution in [0.15, 0.2) is 18.2 Å². The monoisotopic (exact) mass is 270 g/mol. The summed E-state index contributed by atoms with van der Waals surface area (Å²) in [4.78, 5) is 13.9. The number of likely N-dealkylation sites (N-methyl/N-ethyl adjacent to an activating group) is 1. The van der Waals surface area contributed by atoms with Crippen LogP contribution in [0.4, 0.5) is 0 Å². The van der Waals surface area contributed by atoms with Crippen LogP contribution < -0.4 is 5.32 Å². The number of benzene rings is 1. The van der Waals surface area contributed by atoms with E-state index in [0.717, 1.165) is 6.54 Å². The predicted molar refractivity (Wildman–Crippen MR) is 73.2 cm³/mol. The standard InChI is InChI=1S/C13H19ClN2O2/c1-9(2)16(3)7-6-15-13(18)11-5-4-10(14)8-12(11)17/h4-5,8-9,17H,6-7H2,1-3H3,(H,15,18). The Hall–Kier alpha value is -1.26. The number of phenols is 1. The number of phenolic OH excluding ortho intramolecular Hbond substituents is 1. The first kappa shape index (κ1) is 14.8. The number of hydrogen-bond donors (Lipinski definition) is 2. The molecule has 0 aliphatic heterocycles. The number of halogens is 1. The van der Waals surface area contributed by atoms with E-state index < -0.39 is 0 Å². The van der Waals surface area contributed by atoms with Gasteiger partial charge in [-0.25, -0.2) is 0 Å². The molecule has 0 saturated carbocycles. The summed E-state index contributed by atoms with van der Waals surface area (Å²) in [6.45, 7) is 5.48. The zero-order valence-electron chi connectivity index (χ0n) is 10.9. The third-order valence-electron chi connectivity index (χ3n) is 2.84. The molecule has 0 fully saturated rings. The lowest BCUT2D eigenvalue weighted by molar-refractivity contribution is 0.0945. The molecule has 2 N–H and O–H groups in total. The summed E-state index contributed by atoms with van der Waals surface area (Å²) in [6.07, 6.45) is 0. The Morgan fingerprint density at radius 1 is 1.50 bits per heavy atom. The quantitative estimate of drug-likeness (QED) is 0.862. The molecule has 4 nitrogen and oxygen atoms in total. The van der Waals surface area contributed by atoms with E-state index in [1.165, 1.54) is 12.1 Å². The van der Waals surface area contributed by atoms with Crippen molar-refractivity contribution in [3.63, 3.8) is 0 Å². The summed E-state index contributed by atoms with van der Waals surface area (Å²) in [5.74, 6) is -0.390. The summed E-state index contributed by atoms with van der Waals surface area (Å²) < 4.78 is 0. The van der Waals surface area contributed by atoms with Gasteiger partial charge in [-0.2, -0.15) is 0 Å². The van der Waals surface area contributed by atoms with Crippen molar-refractivity contribution in [3.05, 3.63) is 28.8 Å². The van der Waals surface area contributed by atoms with Gasteiger partial charge in [0.2, 0.25) is 0 Å². The highest BCUT2D eigenvalue weighted by molar-refractivity contribution is 6.30. The number of nitrogens with one attached hydrogen (secondary N) is 1. The average Bonchev–Trinajstić information content (AvgIpc) is 2.28. The first-order valence-corrected chi connectivity index (χ1v) is 6.26. The lowest BCUT2D eigenvalue weighted by atomic mass is 10.2. The lowest BCUT2D eigenvalue weighted by Gasteiger charge is -2.20. The molecule has 1 aromatic carbocycles. The minimum absolute atomic E-state index is 0.0998. The number of amides is 1. The first-order valence-electron chi connectivity index (χ1n) is 5.88. The number of carbonyl (C=O) groups is 1. The number of carbonyl (C=O) groups excluding carboxylic acids is 1. The molecule has 1 rings (SSSR count). The minimum Gasteiger partial charge on any atom is -0.507 e. The number of rotatable bonds is 5. The van der Waals surface area contributed by atoms with Gasteiger partial charge in [-0.1, -0.05) is 11.6 Å². The Kier molecular flexibility index (Phi) is 5.44. The second kappa shape index (κ2) is 6.61. The van der Waals surface area contributed by atoms with Crippen LogP contribution >= 0.6 is 11.6 Å². The molecule has 0 spiro atoms. The maximum absolute atomic E-state index is 11.8. The summed E-state index contributed by atoms with van der Waals surface area (Å²) in [5, 5.41) is 12.8. The van der Waals surface area contributed by atoms with Crippen molar-refractivity contribution in [2.45, 2.75) is 19.9 Å². The lowest BCUT2D eigenvalue weighted by Crippen LogP contribution is -2.36. The molecule has 18 heavy (non-hydrogen) atoms. The molecule has 1 amide bonds. The van der Waals surface area contributed by atoms with Crippen molar-refractivity contribution in [2.75, 3.05) is 20.1 Å². The van der Waals surface area contributed by atoms with E-state index in [1.54, 1.807) is 6.07 Å². The smallest absolute Gasteiger partial charge is 0.255 e. The van der Waals surface area contributed by atoms with Crippen molar-refractivity contribution < 1.29 is 9.90 Å². The number of nitrogens with zero attached hydrogens (tertiary/aromatic N) is 1. The first-order chi connectivity index (χ1) is 8.41. The Morgan fingerprint density at radius 3 is 2.72 bits per heavy atom. The van der Waals surface area contributed by atoms with Gasteiger partial charge < -0.3 is 15.3 Å². The van der Waals surface area contributed by atoms with Crippen molar-refractivity contribution in [1.82, 2.24) is 10.2 Å². The van der Waals surface area contributed by atoms with Gasteiger partial charge in [0.15, 0.2) is 0 Å². The number of aromatic hydroxyl groups is 1. The Balaban J connectivity index is 2.51. The Labute approximate surface area is 113 Å². The van der Waals surface area contributed by atoms with Gasteiger partial charge in [-0.3, -0.25) is 4.79 Å². The van der Waals surface area contributed by atoms with E-state index in [-0.39, 0.29) is 17.2 Å². The summed E-state index contributed by atoms with van der Waals surface area (Å²) in [7, 11) is 2.00. The molecule has 0 aliphatic rings. The molecule has 5 heteroatoms. The molecule has 1 aromatic rings. The fraction of sp³-hybridized carbons (Fsp3) is 0.462.